The molecule has 1 aliphatic carbocycles. The third-order valence-corrected chi connectivity index (χ3v) is 3.89. The van der Waals surface area contributed by atoms with Crippen LogP contribution < -0.4 is 11.1 Å². The molecule has 0 saturated heterocycles. The van der Waals surface area contributed by atoms with Gasteiger partial charge in [-0.1, -0.05) is 22.0 Å². The van der Waals surface area contributed by atoms with E-state index < -0.39 is 0 Å². The molecule has 0 radical (unpaired) electrons. The molecule has 0 bridgehead atoms. The van der Waals surface area contributed by atoms with E-state index in [4.69, 9.17) is 5.73 Å². The van der Waals surface area contributed by atoms with Crippen LogP contribution in [-0.4, -0.2) is 0 Å². The number of hydrogen-bond acceptors (Lipinski definition) is 2. The van der Waals surface area contributed by atoms with E-state index in [1.54, 1.807) is 0 Å². The first-order valence-corrected chi connectivity index (χ1v) is 6.95. The quantitative estimate of drug-likeness (QED) is 0.813. The molecule has 0 heterocycles. The minimum absolute atomic E-state index is 0.763. The van der Waals surface area contributed by atoms with Gasteiger partial charge in [0, 0.05) is 10.2 Å². The number of nitrogen functional groups attached to an aromatic ring is 1. The third kappa shape index (κ3) is 2.23. The molecule has 0 atom stereocenters. The fraction of sp³-hybridized carbons (Fsp3) is 0.200. The van der Waals surface area contributed by atoms with E-state index in [1.165, 1.54) is 30.4 Å². The number of nitrogens with one attached hydrogen (secondary N) is 1. The van der Waals surface area contributed by atoms with Crippen LogP contribution in [0.3, 0.4) is 0 Å². The fourth-order valence-corrected chi connectivity index (χ4v) is 2.80. The topological polar surface area (TPSA) is 38.0 Å². The van der Waals surface area contributed by atoms with E-state index in [9.17, 15) is 0 Å². The average Bonchev–Trinajstić information content (AvgIpc) is 2.81. The molecule has 3 heteroatoms. The molecule has 2 aromatic carbocycles. The van der Waals surface area contributed by atoms with Gasteiger partial charge >= 0.3 is 0 Å². The highest BCUT2D eigenvalue weighted by Gasteiger charge is 2.11. The van der Waals surface area contributed by atoms with Gasteiger partial charge in [0.15, 0.2) is 0 Å². The Hall–Kier alpha value is -1.48. The minimum atomic E-state index is 0.763. The first kappa shape index (κ1) is 11.6. The normalized spacial score (nSPS) is 13.4. The van der Waals surface area contributed by atoms with Crippen LogP contribution in [0.15, 0.2) is 40.9 Å². The van der Waals surface area contributed by atoms with E-state index in [0.29, 0.717) is 0 Å². The van der Waals surface area contributed by atoms with E-state index in [1.807, 2.05) is 18.2 Å². The first-order valence-electron chi connectivity index (χ1n) is 6.16. The number of fused-ring (bicyclic) bond motifs is 1. The van der Waals surface area contributed by atoms with Crippen LogP contribution in [-0.2, 0) is 12.8 Å². The zero-order valence-corrected chi connectivity index (χ0v) is 11.6. The second-order valence-corrected chi connectivity index (χ2v) is 5.61. The highest BCUT2D eigenvalue weighted by molar-refractivity contribution is 9.10. The Balaban J connectivity index is 1.90. The van der Waals surface area contributed by atoms with Crippen LogP contribution in [0.5, 0.6) is 0 Å². The van der Waals surface area contributed by atoms with E-state index in [2.05, 4.69) is 39.4 Å². The van der Waals surface area contributed by atoms with E-state index in [0.717, 1.165) is 21.5 Å². The lowest BCUT2D eigenvalue weighted by Crippen LogP contribution is -1.97. The molecule has 1 aliphatic rings. The van der Waals surface area contributed by atoms with Crippen molar-refractivity contribution in [2.75, 3.05) is 11.1 Å². The van der Waals surface area contributed by atoms with Crippen molar-refractivity contribution in [3.63, 3.8) is 0 Å². The summed E-state index contributed by atoms with van der Waals surface area (Å²) in [5, 5.41) is 3.39. The van der Waals surface area contributed by atoms with Crippen molar-refractivity contribution < 1.29 is 0 Å². The third-order valence-electron chi connectivity index (χ3n) is 3.39. The molecule has 92 valence electrons. The molecule has 0 aliphatic heterocycles. The molecule has 0 aromatic heterocycles. The molecule has 0 saturated carbocycles. The number of hydrogen-bond donors (Lipinski definition) is 2. The lowest BCUT2D eigenvalue weighted by atomic mass is 10.1. The summed E-state index contributed by atoms with van der Waals surface area (Å²) < 4.78 is 1.03. The number of halogens is 1. The van der Waals surface area contributed by atoms with Crippen LogP contribution in [0.2, 0.25) is 0 Å². The van der Waals surface area contributed by atoms with Gasteiger partial charge < -0.3 is 11.1 Å². The van der Waals surface area contributed by atoms with Crippen molar-refractivity contribution in [3.8, 4) is 0 Å². The lowest BCUT2D eigenvalue weighted by molar-refractivity contribution is 0.912. The van der Waals surface area contributed by atoms with Gasteiger partial charge in [-0.25, -0.2) is 0 Å². The molecule has 2 aromatic rings. The Morgan fingerprint density at radius 1 is 1.00 bits per heavy atom. The highest BCUT2D eigenvalue weighted by Crippen LogP contribution is 2.30. The Kier molecular flexibility index (Phi) is 3.00. The van der Waals surface area contributed by atoms with Gasteiger partial charge in [0.25, 0.3) is 0 Å². The zero-order chi connectivity index (χ0) is 12.5. The predicted molar refractivity (Wildman–Crippen MR) is 80.3 cm³/mol. The van der Waals surface area contributed by atoms with E-state index in [-0.39, 0.29) is 0 Å². The molecule has 0 fully saturated rings. The van der Waals surface area contributed by atoms with Gasteiger partial charge in [-0.3, -0.25) is 0 Å². The van der Waals surface area contributed by atoms with Gasteiger partial charge in [-0.2, -0.15) is 0 Å². The Bertz CT molecular complexity index is 593. The second-order valence-electron chi connectivity index (χ2n) is 4.69. The summed E-state index contributed by atoms with van der Waals surface area (Å²) in [5.41, 5.74) is 11.7. The van der Waals surface area contributed by atoms with Crippen LogP contribution in [0.1, 0.15) is 17.5 Å². The average molecular weight is 303 g/mol. The maximum absolute atomic E-state index is 5.97. The van der Waals surface area contributed by atoms with Crippen LogP contribution >= 0.6 is 15.9 Å². The van der Waals surface area contributed by atoms with Crippen molar-refractivity contribution in [2.45, 2.75) is 19.3 Å². The molecular weight excluding hydrogens is 288 g/mol. The summed E-state index contributed by atoms with van der Waals surface area (Å²) in [6.07, 6.45) is 3.69. The summed E-state index contributed by atoms with van der Waals surface area (Å²) >= 11 is 3.46. The number of aryl methyl sites for hydroxylation is 2. The van der Waals surface area contributed by atoms with Gasteiger partial charge in [0.1, 0.15) is 0 Å². The Morgan fingerprint density at radius 3 is 2.72 bits per heavy atom. The minimum Gasteiger partial charge on any atom is -0.397 e. The molecule has 3 N–H and O–H groups in total. The van der Waals surface area contributed by atoms with Crippen molar-refractivity contribution in [2.24, 2.45) is 0 Å². The standard InChI is InChI=1S/C15H15BrN2/c16-12-5-7-14(17)15(9-12)18-13-6-4-10-2-1-3-11(10)8-13/h4-9,18H,1-3,17H2. The Labute approximate surface area is 115 Å². The zero-order valence-electron chi connectivity index (χ0n) is 10.0. The number of rotatable bonds is 2. The van der Waals surface area contributed by atoms with E-state index >= 15 is 0 Å². The summed E-state index contributed by atoms with van der Waals surface area (Å²) in [6.45, 7) is 0. The maximum Gasteiger partial charge on any atom is 0.0629 e. The van der Waals surface area contributed by atoms with Crippen molar-refractivity contribution in [3.05, 3.63) is 52.0 Å². The monoisotopic (exact) mass is 302 g/mol. The van der Waals surface area contributed by atoms with Crippen molar-refractivity contribution in [1.29, 1.82) is 0 Å². The van der Waals surface area contributed by atoms with Crippen LogP contribution in [0, 0.1) is 0 Å². The predicted octanol–water partition coefficient (Wildman–Crippen LogP) is 4.26. The molecule has 18 heavy (non-hydrogen) atoms. The molecule has 2 nitrogen and oxygen atoms in total. The molecule has 0 unspecified atom stereocenters. The molecule has 0 amide bonds. The second kappa shape index (κ2) is 4.65. The summed E-state index contributed by atoms with van der Waals surface area (Å²) in [5.74, 6) is 0. The molecule has 0 spiro atoms. The summed E-state index contributed by atoms with van der Waals surface area (Å²) in [4.78, 5) is 0. The number of anilines is 3. The molecule has 3 rings (SSSR count). The van der Waals surface area contributed by atoms with Gasteiger partial charge in [0.2, 0.25) is 0 Å². The fourth-order valence-electron chi connectivity index (χ4n) is 2.44. The Morgan fingerprint density at radius 2 is 1.83 bits per heavy atom. The first-order chi connectivity index (χ1) is 8.72. The smallest absolute Gasteiger partial charge is 0.0629 e. The summed E-state index contributed by atoms with van der Waals surface area (Å²) in [6, 6.07) is 12.4. The molecular formula is C15H15BrN2. The number of nitrogens with two attached hydrogens (primary N) is 1. The highest BCUT2D eigenvalue weighted by atomic mass is 79.9. The van der Waals surface area contributed by atoms with Gasteiger partial charge in [-0.05, 0) is 60.7 Å². The summed E-state index contributed by atoms with van der Waals surface area (Å²) in [7, 11) is 0. The number of benzene rings is 2. The van der Waals surface area contributed by atoms with Crippen LogP contribution in [0.4, 0.5) is 17.1 Å². The van der Waals surface area contributed by atoms with Gasteiger partial charge in [0.05, 0.1) is 11.4 Å². The lowest BCUT2D eigenvalue weighted by Gasteiger charge is -2.11. The van der Waals surface area contributed by atoms with Gasteiger partial charge in [-0.15, -0.1) is 0 Å². The largest absolute Gasteiger partial charge is 0.397 e. The maximum atomic E-state index is 5.97. The SMILES string of the molecule is Nc1ccc(Br)cc1Nc1ccc2c(c1)CCC2. The van der Waals surface area contributed by atoms with Crippen LogP contribution in [0.25, 0.3) is 0 Å². The van der Waals surface area contributed by atoms with Crippen molar-refractivity contribution in [1.82, 2.24) is 0 Å². The van der Waals surface area contributed by atoms with Crippen molar-refractivity contribution >= 4 is 33.0 Å².